The summed E-state index contributed by atoms with van der Waals surface area (Å²) in [5.41, 5.74) is 1.71. The average Bonchev–Trinajstić information content (AvgIpc) is 2.60. The number of hydrogen-bond donors (Lipinski definition) is 0. The van der Waals surface area contributed by atoms with E-state index in [0.717, 1.165) is 0 Å². The number of hydrogen-bond acceptors (Lipinski definition) is 5. The number of ether oxygens (including phenoxy) is 2. The van der Waals surface area contributed by atoms with E-state index in [1.54, 1.807) is 19.1 Å². The summed E-state index contributed by atoms with van der Waals surface area (Å²) < 4.78 is 10.7. The highest BCUT2D eigenvalue weighted by atomic mass is 16.6. The van der Waals surface area contributed by atoms with Gasteiger partial charge in [0.25, 0.3) is 5.69 Å². The quantitative estimate of drug-likeness (QED) is 0.423. The molecule has 0 fully saturated rings. The van der Waals surface area contributed by atoms with Gasteiger partial charge in [0, 0.05) is 12.1 Å². The third kappa shape index (κ3) is 5.31. The number of non-ortho nitro benzene ring substituents is 1. The van der Waals surface area contributed by atoms with Crippen molar-refractivity contribution in [2.24, 2.45) is 0 Å². The van der Waals surface area contributed by atoms with Crippen molar-refractivity contribution in [2.75, 3.05) is 6.61 Å². The van der Waals surface area contributed by atoms with Crippen LogP contribution in [0.4, 0.5) is 5.69 Å². The van der Waals surface area contributed by atoms with Crippen LogP contribution in [0.5, 0.6) is 5.75 Å². The minimum atomic E-state index is -0.598. The van der Waals surface area contributed by atoms with Crippen molar-refractivity contribution >= 4 is 11.7 Å². The molecule has 0 saturated heterocycles. The fourth-order valence-electron chi connectivity index (χ4n) is 2.28. The largest absolute Gasteiger partial charge is 0.482 e. The molecule has 0 N–H and O–H groups in total. The first-order valence-corrected chi connectivity index (χ1v) is 8.03. The van der Waals surface area contributed by atoms with Crippen LogP contribution in [0, 0.1) is 10.1 Å². The first kappa shape index (κ1) is 18.4. The molecule has 0 spiro atoms. The van der Waals surface area contributed by atoms with Gasteiger partial charge >= 0.3 is 5.97 Å². The average molecular weight is 343 g/mol. The van der Waals surface area contributed by atoms with Gasteiger partial charge in [-0.25, -0.2) is 4.79 Å². The smallest absolute Gasteiger partial charge is 0.344 e. The van der Waals surface area contributed by atoms with Crippen molar-refractivity contribution in [3.05, 3.63) is 69.8 Å². The summed E-state index contributed by atoms with van der Waals surface area (Å²) in [6.07, 6.45) is -0.598. The Hall–Kier alpha value is -2.89. The molecular formula is C19H21NO5. The molecule has 0 bridgehead atoms. The van der Waals surface area contributed by atoms with Crippen LogP contribution >= 0.6 is 0 Å². The standard InChI is InChI=1S/C19H21NO5/c1-13(2)15-7-9-18(10-8-15)24-12-19(21)25-14(3)16-5-4-6-17(11-16)20(22)23/h4-11,13-14H,12H2,1-3H3/t14-/m0/s1. The fourth-order valence-corrected chi connectivity index (χ4v) is 2.28. The van der Waals surface area contributed by atoms with E-state index in [0.29, 0.717) is 17.2 Å². The Kier molecular flexibility index (Phi) is 6.11. The molecule has 0 aromatic heterocycles. The van der Waals surface area contributed by atoms with E-state index >= 15 is 0 Å². The molecule has 0 aliphatic rings. The SMILES string of the molecule is CC(C)c1ccc(OCC(=O)O[C@@H](C)c2cccc([N+](=O)[O-])c2)cc1. The molecule has 25 heavy (non-hydrogen) atoms. The van der Waals surface area contributed by atoms with Gasteiger partial charge in [0.15, 0.2) is 6.61 Å². The van der Waals surface area contributed by atoms with Crippen molar-refractivity contribution in [1.29, 1.82) is 0 Å². The first-order valence-electron chi connectivity index (χ1n) is 8.03. The van der Waals surface area contributed by atoms with Gasteiger partial charge in [-0.2, -0.15) is 0 Å². The van der Waals surface area contributed by atoms with E-state index < -0.39 is 17.0 Å². The van der Waals surface area contributed by atoms with E-state index in [4.69, 9.17) is 9.47 Å². The molecule has 0 radical (unpaired) electrons. The highest BCUT2D eigenvalue weighted by Gasteiger charge is 2.15. The lowest BCUT2D eigenvalue weighted by Gasteiger charge is -2.14. The van der Waals surface area contributed by atoms with Gasteiger partial charge in [-0.3, -0.25) is 10.1 Å². The van der Waals surface area contributed by atoms with Crippen LogP contribution in [0.25, 0.3) is 0 Å². The van der Waals surface area contributed by atoms with Gasteiger partial charge < -0.3 is 9.47 Å². The van der Waals surface area contributed by atoms with E-state index in [-0.39, 0.29) is 12.3 Å². The van der Waals surface area contributed by atoms with Crippen LogP contribution in [-0.2, 0) is 9.53 Å². The summed E-state index contributed by atoms with van der Waals surface area (Å²) in [6.45, 7) is 5.64. The Morgan fingerprint density at radius 1 is 1.08 bits per heavy atom. The summed E-state index contributed by atoms with van der Waals surface area (Å²) in [5, 5.41) is 10.8. The van der Waals surface area contributed by atoms with Gasteiger partial charge in [0.2, 0.25) is 0 Å². The summed E-state index contributed by atoms with van der Waals surface area (Å²) in [5.74, 6) is 0.478. The predicted molar refractivity (Wildman–Crippen MR) is 93.6 cm³/mol. The molecule has 6 heteroatoms. The molecule has 0 aliphatic heterocycles. The van der Waals surface area contributed by atoms with Gasteiger partial charge in [0.1, 0.15) is 11.9 Å². The van der Waals surface area contributed by atoms with Crippen molar-refractivity contribution < 1.29 is 19.2 Å². The summed E-state index contributed by atoms with van der Waals surface area (Å²) in [4.78, 5) is 22.2. The monoisotopic (exact) mass is 343 g/mol. The van der Waals surface area contributed by atoms with Crippen LogP contribution < -0.4 is 4.74 Å². The maximum Gasteiger partial charge on any atom is 0.344 e. The van der Waals surface area contributed by atoms with Crippen molar-refractivity contribution in [2.45, 2.75) is 32.8 Å². The predicted octanol–water partition coefficient (Wildman–Crippen LogP) is 4.40. The number of nitro benzene ring substituents is 1. The minimum absolute atomic E-state index is 0.0399. The Morgan fingerprint density at radius 3 is 2.36 bits per heavy atom. The summed E-state index contributed by atoms with van der Waals surface area (Å²) >= 11 is 0. The number of esters is 1. The van der Waals surface area contributed by atoms with E-state index in [1.807, 2.05) is 24.3 Å². The summed E-state index contributed by atoms with van der Waals surface area (Å²) in [7, 11) is 0. The Morgan fingerprint density at radius 2 is 1.76 bits per heavy atom. The first-order chi connectivity index (χ1) is 11.9. The molecule has 0 aliphatic carbocycles. The molecular weight excluding hydrogens is 322 g/mol. The third-order valence-electron chi connectivity index (χ3n) is 3.76. The minimum Gasteiger partial charge on any atom is -0.482 e. The highest BCUT2D eigenvalue weighted by Crippen LogP contribution is 2.22. The maximum atomic E-state index is 11.9. The van der Waals surface area contributed by atoms with Crippen molar-refractivity contribution in [1.82, 2.24) is 0 Å². The lowest BCUT2D eigenvalue weighted by molar-refractivity contribution is -0.385. The van der Waals surface area contributed by atoms with Crippen LogP contribution in [0.15, 0.2) is 48.5 Å². The molecule has 132 valence electrons. The molecule has 0 amide bonds. The van der Waals surface area contributed by atoms with Crippen LogP contribution in [0.3, 0.4) is 0 Å². The molecule has 0 saturated carbocycles. The zero-order valence-corrected chi connectivity index (χ0v) is 14.5. The lowest BCUT2D eigenvalue weighted by Crippen LogP contribution is -2.17. The second-order valence-corrected chi connectivity index (χ2v) is 6.00. The lowest BCUT2D eigenvalue weighted by atomic mass is 10.0. The van der Waals surface area contributed by atoms with Gasteiger partial charge in [0.05, 0.1) is 4.92 Å². The van der Waals surface area contributed by atoms with Crippen LogP contribution in [0.1, 0.15) is 43.9 Å². The Bertz CT molecular complexity index is 740. The zero-order valence-electron chi connectivity index (χ0n) is 14.5. The second-order valence-electron chi connectivity index (χ2n) is 6.00. The van der Waals surface area contributed by atoms with E-state index in [2.05, 4.69) is 13.8 Å². The molecule has 6 nitrogen and oxygen atoms in total. The van der Waals surface area contributed by atoms with Crippen LogP contribution in [-0.4, -0.2) is 17.5 Å². The Balaban J connectivity index is 1.89. The van der Waals surface area contributed by atoms with Gasteiger partial charge in [-0.05, 0) is 36.1 Å². The number of benzene rings is 2. The molecule has 2 aromatic rings. The van der Waals surface area contributed by atoms with Crippen LogP contribution in [0.2, 0.25) is 0 Å². The van der Waals surface area contributed by atoms with Gasteiger partial charge in [-0.15, -0.1) is 0 Å². The van der Waals surface area contributed by atoms with E-state index in [1.165, 1.54) is 17.7 Å². The second kappa shape index (κ2) is 8.28. The van der Waals surface area contributed by atoms with Crippen molar-refractivity contribution in [3.63, 3.8) is 0 Å². The molecule has 0 unspecified atom stereocenters. The molecule has 2 aromatic carbocycles. The number of nitro groups is 1. The highest BCUT2D eigenvalue weighted by molar-refractivity contribution is 5.71. The maximum absolute atomic E-state index is 11.9. The van der Waals surface area contributed by atoms with Crippen molar-refractivity contribution in [3.8, 4) is 5.75 Å². The zero-order chi connectivity index (χ0) is 18.4. The molecule has 1 atom stereocenters. The molecule has 2 rings (SSSR count). The third-order valence-corrected chi connectivity index (χ3v) is 3.76. The number of carbonyl (C=O) groups is 1. The molecule has 0 heterocycles. The summed E-state index contributed by atoms with van der Waals surface area (Å²) in [6, 6.07) is 13.6. The normalized spacial score (nSPS) is 11.8. The fraction of sp³-hybridized carbons (Fsp3) is 0.316. The Labute approximate surface area is 146 Å². The topological polar surface area (TPSA) is 78.7 Å². The number of rotatable bonds is 7. The van der Waals surface area contributed by atoms with E-state index in [9.17, 15) is 14.9 Å². The number of nitrogens with zero attached hydrogens (tertiary/aromatic N) is 1. The number of carbonyl (C=O) groups excluding carboxylic acids is 1. The van der Waals surface area contributed by atoms with Gasteiger partial charge in [-0.1, -0.05) is 38.1 Å².